The topological polar surface area (TPSA) is 47.6 Å². The Kier molecular flexibility index (Phi) is 6.48. The van der Waals surface area contributed by atoms with Crippen LogP contribution in [0.3, 0.4) is 0 Å². The predicted molar refractivity (Wildman–Crippen MR) is 101 cm³/mol. The number of hydrogen-bond donors (Lipinski definition) is 1. The van der Waals surface area contributed by atoms with Crippen molar-refractivity contribution in [3.63, 3.8) is 0 Å². The highest BCUT2D eigenvalue weighted by Gasteiger charge is 2.17. The van der Waals surface area contributed by atoms with Crippen LogP contribution in [0.4, 0.5) is 0 Å². The minimum Gasteiger partial charge on any atom is -0.489 e. The van der Waals surface area contributed by atoms with Gasteiger partial charge in [-0.15, -0.1) is 0 Å². The van der Waals surface area contributed by atoms with E-state index in [4.69, 9.17) is 9.47 Å². The van der Waals surface area contributed by atoms with Crippen LogP contribution >= 0.6 is 15.9 Å². The zero-order valence-electron chi connectivity index (χ0n) is 14.0. The SMILES string of the molecule is O=C(Cc1cc(Br)ccc1OCc1ccccc1)NC1CCOCC1. The first-order valence-corrected chi connectivity index (χ1v) is 9.32. The second kappa shape index (κ2) is 9.02. The molecule has 5 heteroatoms. The normalized spacial score (nSPS) is 14.9. The van der Waals surface area contributed by atoms with Crippen LogP contribution in [-0.4, -0.2) is 25.2 Å². The maximum Gasteiger partial charge on any atom is 0.224 e. The first-order valence-electron chi connectivity index (χ1n) is 8.53. The lowest BCUT2D eigenvalue weighted by atomic mass is 10.1. The van der Waals surface area contributed by atoms with Crippen molar-refractivity contribution in [1.82, 2.24) is 5.32 Å². The highest BCUT2D eigenvalue weighted by Crippen LogP contribution is 2.25. The van der Waals surface area contributed by atoms with Crippen molar-refractivity contribution >= 4 is 21.8 Å². The number of rotatable bonds is 6. The molecule has 1 saturated heterocycles. The van der Waals surface area contributed by atoms with Crippen LogP contribution in [0.25, 0.3) is 0 Å². The molecule has 0 aliphatic carbocycles. The van der Waals surface area contributed by atoms with E-state index in [1.54, 1.807) is 0 Å². The lowest BCUT2D eigenvalue weighted by Gasteiger charge is -2.23. The molecule has 0 radical (unpaired) electrons. The van der Waals surface area contributed by atoms with Gasteiger partial charge in [-0.1, -0.05) is 46.3 Å². The quantitative estimate of drug-likeness (QED) is 0.796. The maximum absolute atomic E-state index is 12.4. The molecule has 1 amide bonds. The van der Waals surface area contributed by atoms with Gasteiger partial charge in [-0.05, 0) is 36.6 Å². The summed E-state index contributed by atoms with van der Waals surface area (Å²) in [4.78, 5) is 12.4. The van der Waals surface area contributed by atoms with Crippen LogP contribution in [0, 0.1) is 0 Å². The van der Waals surface area contributed by atoms with E-state index in [-0.39, 0.29) is 11.9 Å². The molecule has 0 aromatic heterocycles. The molecular weight excluding hydrogens is 382 g/mol. The summed E-state index contributed by atoms with van der Waals surface area (Å²) in [5, 5.41) is 3.10. The summed E-state index contributed by atoms with van der Waals surface area (Å²) in [5.41, 5.74) is 1.98. The van der Waals surface area contributed by atoms with E-state index in [9.17, 15) is 4.79 Å². The predicted octanol–water partition coefficient (Wildman–Crippen LogP) is 3.87. The Labute approximate surface area is 156 Å². The molecule has 2 aromatic carbocycles. The summed E-state index contributed by atoms with van der Waals surface area (Å²) >= 11 is 3.48. The molecule has 132 valence electrons. The molecule has 1 fully saturated rings. The van der Waals surface area contributed by atoms with Crippen LogP contribution in [0.15, 0.2) is 53.0 Å². The fourth-order valence-corrected chi connectivity index (χ4v) is 3.26. The fraction of sp³-hybridized carbons (Fsp3) is 0.350. The van der Waals surface area contributed by atoms with E-state index in [0.29, 0.717) is 26.2 Å². The standard InChI is InChI=1S/C20H22BrNO3/c21-17-6-7-19(25-14-15-4-2-1-3-5-15)16(12-17)13-20(23)22-18-8-10-24-11-9-18/h1-7,12,18H,8-11,13-14H2,(H,22,23). The Morgan fingerprint density at radius 1 is 1.16 bits per heavy atom. The molecule has 3 rings (SSSR count). The van der Waals surface area contributed by atoms with Crippen LogP contribution < -0.4 is 10.1 Å². The van der Waals surface area contributed by atoms with Gasteiger partial charge in [-0.3, -0.25) is 4.79 Å². The van der Waals surface area contributed by atoms with Crippen molar-refractivity contribution in [2.24, 2.45) is 0 Å². The zero-order chi connectivity index (χ0) is 17.5. The van der Waals surface area contributed by atoms with Crippen molar-refractivity contribution in [3.8, 4) is 5.75 Å². The Morgan fingerprint density at radius 2 is 1.92 bits per heavy atom. The molecule has 4 nitrogen and oxygen atoms in total. The van der Waals surface area contributed by atoms with E-state index in [1.807, 2.05) is 48.5 Å². The third kappa shape index (κ3) is 5.58. The summed E-state index contributed by atoms with van der Waals surface area (Å²) < 4.78 is 12.2. The summed E-state index contributed by atoms with van der Waals surface area (Å²) in [6.07, 6.45) is 2.06. The van der Waals surface area contributed by atoms with E-state index in [0.717, 1.165) is 34.2 Å². The third-order valence-electron chi connectivity index (χ3n) is 4.20. The molecule has 2 aromatic rings. The second-order valence-corrected chi connectivity index (χ2v) is 7.07. The second-order valence-electron chi connectivity index (χ2n) is 6.16. The first kappa shape index (κ1) is 18.0. The van der Waals surface area contributed by atoms with Crippen molar-refractivity contribution in [2.45, 2.75) is 31.9 Å². The molecule has 0 bridgehead atoms. The molecule has 1 aliphatic rings. The van der Waals surface area contributed by atoms with Gasteiger partial charge in [0.25, 0.3) is 0 Å². The Morgan fingerprint density at radius 3 is 2.68 bits per heavy atom. The smallest absolute Gasteiger partial charge is 0.224 e. The number of carbonyl (C=O) groups excluding carboxylic acids is 1. The monoisotopic (exact) mass is 403 g/mol. The summed E-state index contributed by atoms with van der Waals surface area (Å²) in [7, 11) is 0. The van der Waals surface area contributed by atoms with Gasteiger partial charge in [-0.2, -0.15) is 0 Å². The van der Waals surface area contributed by atoms with Gasteiger partial charge in [0.05, 0.1) is 6.42 Å². The third-order valence-corrected chi connectivity index (χ3v) is 4.69. The molecule has 1 N–H and O–H groups in total. The Balaban J connectivity index is 1.63. The van der Waals surface area contributed by atoms with Gasteiger partial charge in [-0.25, -0.2) is 0 Å². The summed E-state index contributed by atoms with van der Waals surface area (Å²) in [5.74, 6) is 0.767. The minimum atomic E-state index is 0.0227. The fourth-order valence-electron chi connectivity index (χ4n) is 2.86. The lowest BCUT2D eigenvalue weighted by molar-refractivity contribution is -0.121. The van der Waals surface area contributed by atoms with Crippen molar-refractivity contribution < 1.29 is 14.3 Å². The average Bonchev–Trinajstić information content (AvgIpc) is 2.63. The van der Waals surface area contributed by atoms with E-state index >= 15 is 0 Å². The van der Waals surface area contributed by atoms with Crippen molar-refractivity contribution in [1.29, 1.82) is 0 Å². The zero-order valence-corrected chi connectivity index (χ0v) is 15.6. The molecule has 0 unspecified atom stereocenters. The number of nitrogens with one attached hydrogen (secondary N) is 1. The van der Waals surface area contributed by atoms with Gasteiger partial charge in [0.1, 0.15) is 12.4 Å². The molecule has 1 aliphatic heterocycles. The lowest BCUT2D eigenvalue weighted by Crippen LogP contribution is -2.39. The largest absolute Gasteiger partial charge is 0.489 e. The molecule has 0 spiro atoms. The van der Waals surface area contributed by atoms with Gasteiger partial charge >= 0.3 is 0 Å². The highest BCUT2D eigenvalue weighted by atomic mass is 79.9. The first-order chi connectivity index (χ1) is 12.2. The number of benzene rings is 2. The molecule has 0 atom stereocenters. The number of hydrogen-bond acceptors (Lipinski definition) is 3. The van der Waals surface area contributed by atoms with Crippen molar-refractivity contribution in [3.05, 3.63) is 64.1 Å². The van der Waals surface area contributed by atoms with E-state index < -0.39 is 0 Å². The van der Waals surface area contributed by atoms with Crippen molar-refractivity contribution in [2.75, 3.05) is 13.2 Å². The van der Waals surface area contributed by atoms with Gasteiger partial charge in [0.2, 0.25) is 5.91 Å². The number of amides is 1. The molecule has 1 heterocycles. The molecule has 25 heavy (non-hydrogen) atoms. The van der Waals surface area contributed by atoms with Crippen LogP contribution in [0.5, 0.6) is 5.75 Å². The highest BCUT2D eigenvalue weighted by molar-refractivity contribution is 9.10. The summed E-state index contributed by atoms with van der Waals surface area (Å²) in [6, 6.07) is 16.0. The summed E-state index contributed by atoms with van der Waals surface area (Å²) in [6.45, 7) is 1.91. The van der Waals surface area contributed by atoms with Crippen LogP contribution in [0.2, 0.25) is 0 Å². The maximum atomic E-state index is 12.4. The van der Waals surface area contributed by atoms with Gasteiger partial charge in [0.15, 0.2) is 0 Å². The average molecular weight is 404 g/mol. The number of carbonyl (C=O) groups is 1. The number of halogens is 1. The minimum absolute atomic E-state index is 0.0227. The van der Waals surface area contributed by atoms with Crippen LogP contribution in [0.1, 0.15) is 24.0 Å². The Hall–Kier alpha value is -1.85. The molecular formula is C20H22BrNO3. The van der Waals surface area contributed by atoms with E-state index in [1.165, 1.54) is 0 Å². The van der Waals surface area contributed by atoms with E-state index in [2.05, 4.69) is 21.2 Å². The van der Waals surface area contributed by atoms with Gasteiger partial charge in [0, 0.05) is 29.3 Å². The number of ether oxygens (including phenoxy) is 2. The van der Waals surface area contributed by atoms with Crippen LogP contribution in [-0.2, 0) is 22.6 Å². The molecule has 0 saturated carbocycles. The van der Waals surface area contributed by atoms with Gasteiger partial charge < -0.3 is 14.8 Å². The Bertz CT molecular complexity index is 699.